The van der Waals surface area contributed by atoms with E-state index < -0.39 is 0 Å². The Morgan fingerprint density at radius 2 is 2.04 bits per heavy atom. The number of rotatable bonds is 8. The highest BCUT2D eigenvalue weighted by Gasteiger charge is 1.99. The summed E-state index contributed by atoms with van der Waals surface area (Å²) in [6.07, 6.45) is 2.67. The average molecular weight is 365 g/mol. The smallest absolute Gasteiger partial charge is 0.213 e. The van der Waals surface area contributed by atoms with Crippen LogP contribution >= 0.6 is 24.0 Å². The number of pyridine rings is 1. The molecule has 0 fully saturated rings. The quantitative estimate of drug-likeness (QED) is 0.547. The van der Waals surface area contributed by atoms with Crippen molar-refractivity contribution in [2.45, 2.75) is 12.2 Å². The Morgan fingerprint density at radius 1 is 1.25 bits per heavy atom. The van der Waals surface area contributed by atoms with Crippen molar-refractivity contribution in [1.82, 2.24) is 10.3 Å². The molecule has 0 unspecified atom stereocenters. The highest BCUT2D eigenvalue weighted by molar-refractivity contribution is 7.98. The van der Waals surface area contributed by atoms with Crippen LogP contribution in [0.4, 0.5) is 10.1 Å². The van der Waals surface area contributed by atoms with Crippen molar-refractivity contribution in [2.75, 3.05) is 24.7 Å². The van der Waals surface area contributed by atoms with Crippen molar-refractivity contribution in [3.8, 4) is 5.88 Å². The zero-order chi connectivity index (χ0) is 17.2. The van der Waals surface area contributed by atoms with Gasteiger partial charge in [-0.3, -0.25) is 0 Å². The van der Waals surface area contributed by atoms with Gasteiger partial charge in [-0.15, -0.1) is 0 Å². The standard InChI is InChI=1S/C17H20FN3OS2/c1-22-16-8-7-15(11-20-16)21-17(23)19-9-2-10-24-12-13-3-5-14(18)6-4-13/h3-8,11H,2,9-10,12H2,1H3,(H2,19,21,23). The van der Waals surface area contributed by atoms with Gasteiger partial charge in [0.15, 0.2) is 5.11 Å². The predicted molar refractivity (Wildman–Crippen MR) is 102 cm³/mol. The first-order valence-corrected chi connectivity index (χ1v) is 9.11. The summed E-state index contributed by atoms with van der Waals surface area (Å²) in [4.78, 5) is 4.11. The molecule has 4 nitrogen and oxygen atoms in total. The summed E-state index contributed by atoms with van der Waals surface area (Å²) >= 11 is 7.06. The molecule has 1 aromatic carbocycles. The molecule has 24 heavy (non-hydrogen) atoms. The van der Waals surface area contributed by atoms with Crippen molar-refractivity contribution in [2.24, 2.45) is 0 Å². The third-order valence-corrected chi connectivity index (χ3v) is 4.50. The Labute approximate surface area is 151 Å². The van der Waals surface area contributed by atoms with Gasteiger partial charge >= 0.3 is 0 Å². The van der Waals surface area contributed by atoms with Crippen LogP contribution in [0.5, 0.6) is 5.88 Å². The number of hydrogen-bond donors (Lipinski definition) is 2. The van der Waals surface area contributed by atoms with Crippen LogP contribution in [-0.4, -0.2) is 29.5 Å². The molecule has 0 atom stereocenters. The molecule has 2 N–H and O–H groups in total. The molecule has 0 amide bonds. The fourth-order valence-electron chi connectivity index (χ4n) is 1.90. The number of hydrogen-bond acceptors (Lipinski definition) is 4. The van der Waals surface area contributed by atoms with Crippen molar-refractivity contribution in [3.63, 3.8) is 0 Å². The lowest BCUT2D eigenvalue weighted by atomic mass is 10.2. The van der Waals surface area contributed by atoms with Crippen molar-refractivity contribution in [3.05, 3.63) is 54.0 Å². The first kappa shape index (κ1) is 18.5. The Balaban J connectivity index is 1.56. The van der Waals surface area contributed by atoms with Crippen molar-refractivity contribution >= 4 is 34.8 Å². The number of thiocarbonyl (C=S) groups is 1. The van der Waals surface area contributed by atoms with E-state index in [2.05, 4.69) is 15.6 Å². The van der Waals surface area contributed by atoms with Gasteiger partial charge < -0.3 is 15.4 Å². The number of anilines is 1. The van der Waals surface area contributed by atoms with Crippen LogP contribution in [0, 0.1) is 5.82 Å². The minimum atomic E-state index is -0.193. The minimum Gasteiger partial charge on any atom is -0.481 e. The molecule has 0 aliphatic heterocycles. The molecule has 0 aliphatic carbocycles. The van der Waals surface area contributed by atoms with E-state index in [4.69, 9.17) is 17.0 Å². The van der Waals surface area contributed by atoms with Crippen LogP contribution in [0.1, 0.15) is 12.0 Å². The molecule has 0 saturated carbocycles. The first-order valence-electron chi connectivity index (χ1n) is 7.54. The van der Waals surface area contributed by atoms with E-state index in [1.165, 1.54) is 12.1 Å². The zero-order valence-electron chi connectivity index (χ0n) is 13.4. The van der Waals surface area contributed by atoms with Crippen LogP contribution in [0.15, 0.2) is 42.6 Å². The monoisotopic (exact) mass is 365 g/mol. The predicted octanol–water partition coefficient (Wildman–Crippen LogP) is 3.84. The maximum absolute atomic E-state index is 12.8. The van der Waals surface area contributed by atoms with Crippen LogP contribution in [-0.2, 0) is 5.75 Å². The maximum Gasteiger partial charge on any atom is 0.213 e. The Morgan fingerprint density at radius 3 is 2.71 bits per heavy atom. The summed E-state index contributed by atoms with van der Waals surface area (Å²) in [7, 11) is 1.58. The number of halogens is 1. The second-order valence-electron chi connectivity index (χ2n) is 5.00. The molecular formula is C17H20FN3OS2. The van der Waals surface area contributed by atoms with Crippen LogP contribution in [0.3, 0.4) is 0 Å². The van der Waals surface area contributed by atoms with E-state index in [1.54, 1.807) is 19.4 Å². The first-order chi connectivity index (χ1) is 11.7. The molecule has 0 saturated heterocycles. The van der Waals surface area contributed by atoms with Crippen LogP contribution in [0.2, 0.25) is 0 Å². The van der Waals surface area contributed by atoms with E-state index in [0.717, 1.165) is 35.7 Å². The van der Waals surface area contributed by atoms with Gasteiger partial charge in [-0.2, -0.15) is 11.8 Å². The van der Waals surface area contributed by atoms with E-state index in [9.17, 15) is 4.39 Å². The molecule has 2 rings (SSSR count). The Kier molecular flexibility index (Phi) is 7.77. The Bertz CT molecular complexity index is 635. The van der Waals surface area contributed by atoms with Gasteiger partial charge in [0, 0.05) is 18.4 Å². The van der Waals surface area contributed by atoms with E-state index in [0.29, 0.717) is 11.0 Å². The summed E-state index contributed by atoms with van der Waals surface area (Å²) in [5.74, 6) is 2.27. The largest absolute Gasteiger partial charge is 0.481 e. The SMILES string of the molecule is COc1ccc(NC(=S)NCCCSCc2ccc(F)cc2)cn1. The fraction of sp³-hybridized carbons (Fsp3) is 0.294. The lowest BCUT2D eigenvalue weighted by molar-refractivity contribution is 0.398. The molecular weight excluding hydrogens is 345 g/mol. The third-order valence-electron chi connectivity index (χ3n) is 3.14. The maximum atomic E-state index is 12.8. The minimum absolute atomic E-state index is 0.193. The zero-order valence-corrected chi connectivity index (χ0v) is 15.1. The summed E-state index contributed by atoms with van der Waals surface area (Å²) in [6, 6.07) is 10.3. The number of ether oxygens (including phenoxy) is 1. The van der Waals surface area contributed by atoms with E-state index >= 15 is 0 Å². The Hall–Kier alpha value is -1.86. The highest BCUT2D eigenvalue weighted by Crippen LogP contribution is 2.13. The number of benzene rings is 1. The summed E-state index contributed by atoms with van der Waals surface area (Å²) in [6.45, 7) is 0.797. The van der Waals surface area contributed by atoms with Gasteiger partial charge in [-0.05, 0) is 48.2 Å². The van der Waals surface area contributed by atoms with Gasteiger partial charge in [0.05, 0.1) is 19.0 Å². The van der Waals surface area contributed by atoms with Gasteiger partial charge in [0.2, 0.25) is 5.88 Å². The van der Waals surface area contributed by atoms with Crippen LogP contribution < -0.4 is 15.4 Å². The normalized spacial score (nSPS) is 10.2. The van der Waals surface area contributed by atoms with Crippen molar-refractivity contribution in [1.29, 1.82) is 0 Å². The number of aromatic nitrogens is 1. The average Bonchev–Trinajstić information content (AvgIpc) is 2.60. The molecule has 0 radical (unpaired) electrons. The fourth-order valence-corrected chi connectivity index (χ4v) is 3.04. The van der Waals surface area contributed by atoms with Crippen LogP contribution in [0.25, 0.3) is 0 Å². The molecule has 1 aromatic heterocycles. The van der Waals surface area contributed by atoms with Gasteiger partial charge in [-0.25, -0.2) is 9.37 Å². The second-order valence-corrected chi connectivity index (χ2v) is 6.52. The topological polar surface area (TPSA) is 46.2 Å². The molecule has 128 valence electrons. The number of nitrogens with zero attached hydrogens (tertiary/aromatic N) is 1. The molecule has 0 spiro atoms. The van der Waals surface area contributed by atoms with Gasteiger partial charge in [-0.1, -0.05) is 12.1 Å². The molecule has 0 bridgehead atoms. The summed E-state index contributed by atoms with van der Waals surface area (Å²) in [5, 5.41) is 6.81. The van der Waals surface area contributed by atoms with Crippen molar-refractivity contribution < 1.29 is 9.13 Å². The number of thioether (sulfide) groups is 1. The lowest BCUT2D eigenvalue weighted by Crippen LogP contribution is -2.29. The molecule has 0 aliphatic rings. The third kappa shape index (κ3) is 6.72. The van der Waals surface area contributed by atoms with E-state index in [1.807, 2.05) is 30.0 Å². The molecule has 1 heterocycles. The summed E-state index contributed by atoms with van der Waals surface area (Å²) < 4.78 is 17.8. The number of nitrogens with one attached hydrogen (secondary N) is 2. The van der Waals surface area contributed by atoms with E-state index in [-0.39, 0.29) is 5.82 Å². The molecule has 2 aromatic rings. The summed E-state index contributed by atoms with van der Waals surface area (Å²) in [5.41, 5.74) is 1.96. The highest BCUT2D eigenvalue weighted by atomic mass is 32.2. The van der Waals surface area contributed by atoms with Gasteiger partial charge in [0.25, 0.3) is 0 Å². The second kappa shape index (κ2) is 10.1. The number of methoxy groups -OCH3 is 1. The lowest BCUT2D eigenvalue weighted by Gasteiger charge is -2.10. The molecule has 7 heteroatoms. The van der Waals surface area contributed by atoms with Gasteiger partial charge in [0.1, 0.15) is 5.82 Å².